The lowest BCUT2D eigenvalue weighted by molar-refractivity contribution is 0.222. The zero-order valence-corrected chi connectivity index (χ0v) is 13.2. The Bertz CT molecular complexity index is 550. The van der Waals surface area contributed by atoms with E-state index in [1.165, 1.54) is 4.88 Å². The number of aliphatic hydroxyl groups is 1. The van der Waals surface area contributed by atoms with E-state index < -0.39 is 6.10 Å². The number of rotatable bonds is 2. The van der Waals surface area contributed by atoms with Crippen LogP contribution in [0.1, 0.15) is 27.0 Å². The largest absolute Gasteiger partial charge is 0.383 e. The molecule has 1 heterocycles. The van der Waals surface area contributed by atoms with Crippen LogP contribution < -0.4 is 0 Å². The highest BCUT2D eigenvalue weighted by Crippen LogP contribution is 2.34. The average Bonchev–Trinajstić information content (AvgIpc) is 2.60. The van der Waals surface area contributed by atoms with Gasteiger partial charge in [0.2, 0.25) is 0 Å². The molecular formula is C13H12ClIOS. The first-order valence-corrected chi connectivity index (χ1v) is 7.46. The van der Waals surface area contributed by atoms with Crippen LogP contribution in [0.4, 0.5) is 0 Å². The van der Waals surface area contributed by atoms with E-state index in [0.717, 1.165) is 19.6 Å². The molecule has 0 saturated carbocycles. The fraction of sp³-hybridized carbons (Fsp3) is 0.231. The topological polar surface area (TPSA) is 20.2 Å². The number of hydrogen-bond acceptors (Lipinski definition) is 2. The van der Waals surface area contributed by atoms with E-state index in [9.17, 15) is 5.11 Å². The number of aliphatic hydroxyl groups excluding tert-OH is 1. The summed E-state index contributed by atoms with van der Waals surface area (Å²) in [6.45, 7) is 4.08. The van der Waals surface area contributed by atoms with Crippen LogP contribution in [-0.4, -0.2) is 5.11 Å². The molecule has 0 saturated heterocycles. The summed E-state index contributed by atoms with van der Waals surface area (Å²) in [6, 6.07) is 7.70. The minimum Gasteiger partial charge on any atom is -0.383 e. The second-order valence-corrected chi connectivity index (χ2v) is 6.86. The predicted octanol–water partition coefficient (Wildman–Crippen LogP) is 4.70. The third-order valence-electron chi connectivity index (χ3n) is 2.58. The Kier molecular flexibility index (Phi) is 4.13. The molecule has 4 heteroatoms. The molecule has 0 fully saturated rings. The number of hydrogen-bond donors (Lipinski definition) is 1. The van der Waals surface area contributed by atoms with Crippen molar-refractivity contribution in [3.63, 3.8) is 0 Å². The third-order valence-corrected chi connectivity index (χ3v) is 5.00. The summed E-state index contributed by atoms with van der Waals surface area (Å²) in [6.07, 6.45) is -0.584. The molecule has 2 rings (SSSR count). The highest BCUT2D eigenvalue weighted by Gasteiger charge is 2.18. The summed E-state index contributed by atoms with van der Waals surface area (Å²) in [5.41, 5.74) is 2.01. The van der Waals surface area contributed by atoms with Gasteiger partial charge in [-0.25, -0.2) is 0 Å². The lowest BCUT2D eigenvalue weighted by atomic mass is 10.1. The molecule has 0 bridgehead atoms. The Morgan fingerprint density at radius 2 is 2.00 bits per heavy atom. The van der Waals surface area contributed by atoms with E-state index in [1.807, 2.05) is 25.1 Å². The normalized spacial score (nSPS) is 12.8. The van der Waals surface area contributed by atoms with Gasteiger partial charge in [-0.2, -0.15) is 0 Å². The molecule has 1 aromatic heterocycles. The molecule has 1 N–H and O–H groups in total. The minimum atomic E-state index is -0.584. The first kappa shape index (κ1) is 13.3. The van der Waals surface area contributed by atoms with Gasteiger partial charge < -0.3 is 5.11 Å². The SMILES string of the molecule is Cc1cc(C)c(C(O)c2cc(Cl)ccc2I)s1. The van der Waals surface area contributed by atoms with Crippen molar-refractivity contribution >= 4 is 45.5 Å². The second kappa shape index (κ2) is 5.26. The molecular weight excluding hydrogens is 367 g/mol. The third kappa shape index (κ3) is 2.84. The van der Waals surface area contributed by atoms with Gasteiger partial charge in [0.1, 0.15) is 6.10 Å². The van der Waals surface area contributed by atoms with Crippen molar-refractivity contribution in [1.29, 1.82) is 0 Å². The number of benzene rings is 1. The van der Waals surface area contributed by atoms with Crippen molar-refractivity contribution in [1.82, 2.24) is 0 Å². The van der Waals surface area contributed by atoms with Gasteiger partial charge in [-0.15, -0.1) is 11.3 Å². The average molecular weight is 379 g/mol. The molecule has 0 aliphatic carbocycles. The number of thiophene rings is 1. The van der Waals surface area contributed by atoms with E-state index >= 15 is 0 Å². The maximum atomic E-state index is 10.4. The summed E-state index contributed by atoms with van der Waals surface area (Å²) in [7, 11) is 0. The van der Waals surface area contributed by atoms with Gasteiger partial charge in [-0.1, -0.05) is 11.6 Å². The van der Waals surface area contributed by atoms with E-state index in [2.05, 4.69) is 35.6 Å². The Balaban J connectivity index is 2.46. The van der Waals surface area contributed by atoms with Crippen molar-refractivity contribution in [2.24, 2.45) is 0 Å². The molecule has 0 amide bonds. The zero-order chi connectivity index (χ0) is 12.6. The summed E-state index contributed by atoms with van der Waals surface area (Å²) >= 11 is 9.84. The van der Waals surface area contributed by atoms with Crippen LogP contribution in [0.2, 0.25) is 5.02 Å². The molecule has 0 radical (unpaired) electrons. The van der Waals surface area contributed by atoms with Gasteiger partial charge in [0.15, 0.2) is 0 Å². The monoisotopic (exact) mass is 378 g/mol. The van der Waals surface area contributed by atoms with E-state index in [-0.39, 0.29) is 0 Å². The van der Waals surface area contributed by atoms with Crippen LogP contribution in [0.5, 0.6) is 0 Å². The molecule has 17 heavy (non-hydrogen) atoms. The molecule has 0 aliphatic heterocycles. The molecule has 1 atom stereocenters. The molecule has 0 aliphatic rings. The van der Waals surface area contributed by atoms with E-state index in [1.54, 1.807) is 11.3 Å². The molecule has 1 unspecified atom stereocenters. The van der Waals surface area contributed by atoms with Gasteiger partial charge in [-0.05, 0) is 66.3 Å². The smallest absolute Gasteiger partial charge is 0.115 e. The fourth-order valence-corrected chi connectivity index (χ4v) is 3.65. The first-order valence-electron chi connectivity index (χ1n) is 5.19. The van der Waals surface area contributed by atoms with Crippen molar-refractivity contribution in [2.75, 3.05) is 0 Å². The quantitative estimate of drug-likeness (QED) is 0.751. The lowest BCUT2D eigenvalue weighted by Crippen LogP contribution is -2.01. The minimum absolute atomic E-state index is 0.584. The van der Waals surface area contributed by atoms with Gasteiger partial charge in [0, 0.05) is 23.9 Å². The Morgan fingerprint density at radius 3 is 2.59 bits per heavy atom. The molecule has 1 aromatic carbocycles. The van der Waals surface area contributed by atoms with Crippen LogP contribution in [0.15, 0.2) is 24.3 Å². The maximum Gasteiger partial charge on any atom is 0.115 e. The van der Waals surface area contributed by atoms with E-state index in [4.69, 9.17) is 11.6 Å². The Morgan fingerprint density at radius 1 is 1.29 bits per heavy atom. The maximum absolute atomic E-state index is 10.4. The fourth-order valence-electron chi connectivity index (χ4n) is 1.80. The Labute approximate surface area is 124 Å². The van der Waals surface area contributed by atoms with Crippen molar-refractivity contribution < 1.29 is 5.11 Å². The summed E-state index contributed by atoms with van der Waals surface area (Å²) in [5, 5.41) is 11.1. The number of aryl methyl sites for hydroxylation is 2. The summed E-state index contributed by atoms with van der Waals surface area (Å²) in [5.74, 6) is 0. The van der Waals surface area contributed by atoms with Gasteiger partial charge in [0.25, 0.3) is 0 Å². The second-order valence-electron chi connectivity index (χ2n) is 3.97. The zero-order valence-electron chi connectivity index (χ0n) is 9.50. The van der Waals surface area contributed by atoms with Crippen LogP contribution in [0.25, 0.3) is 0 Å². The summed E-state index contributed by atoms with van der Waals surface area (Å²) in [4.78, 5) is 2.22. The standard InChI is InChI=1S/C13H12ClIOS/c1-7-5-8(2)17-13(7)12(16)10-6-9(14)3-4-11(10)15/h3-6,12,16H,1-2H3. The van der Waals surface area contributed by atoms with Gasteiger partial charge >= 0.3 is 0 Å². The molecule has 1 nitrogen and oxygen atoms in total. The molecule has 0 spiro atoms. The van der Waals surface area contributed by atoms with Crippen LogP contribution in [-0.2, 0) is 0 Å². The van der Waals surface area contributed by atoms with Gasteiger partial charge in [0.05, 0.1) is 0 Å². The molecule has 90 valence electrons. The first-order chi connectivity index (χ1) is 7.99. The summed E-state index contributed by atoms with van der Waals surface area (Å²) < 4.78 is 1.03. The lowest BCUT2D eigenvalue weighted by Gasteiger charge is -2.13. The highest BCUT2D eigenvalue weighted by atomic mass is 127. The van der Waals surface area contributed by atoms with Crippen LogP contribution >= 0.6 is 45.5 Å². The highest BCUT2D eigenvalue weighted by molar-refractivity contribution is 14.1. The number of halogens is 2. The van der Waals surface area contributed by atoms with E-state index in [0.29, 0.717) is 5.02 Å². The van der Waals surface area contributed by atoms with Gasteiger partial charge in [-0.3, -0.25) is 0 Å². The predicted molar refractivity (Wildman–Crippen MR) is 82.0 cm³/mol. The Hall–Kier alpha value is -0.100. The van der Waals surface area contributed by atoms with Crippen molar-refractivity contribution in [2.45, 2.75) is 20.0 Å². The molecule has 2 aromatic rings. The van der Waals surface area contributed by atoms with Crippen LogP contribution in [0, 0.1) is 17.4 Å². The van der Waals surface area contributed by atoms with Crippen molar-refractivity contribution in [3.05, 3.63) is 53.7 Å². The van der Waals surface area contributed by atoms with Crippen LogP contribution in [0.3, 0.4) is 0 Å². The van der Waals surface area contributed by atoms with Crippen molar-refractivity contribution in [3.8, 4) is 0 Å².